The van der Waals surface area contributed by atoms with Crippen LogP contribution in [0.5, 0.6) is 0 Å². The van der Waals surface area contributed by atoms with Crippen LogP contribution < -0.4 is 0 Å². The first-order chi connectivity index (χ1) is 14.7. The molecule has 0 unspecified atom stereocenters. The van der Waals surface area contributed by atoms with Gasteiger partial charge in [-0.2, -0.15) is 23.4 Å². The topological polar surface area (TPSA) is 86.7 Å². The maximum Gasteiger partial charge on any atom is 0.420 e. The van der Waals surface area contributed by atoms with Crippen molar-refractivity contribution in [2.24, 2.45) is 0 Å². The largest absolute Gasteiger partial charge is 0.420 e. The number of methoxy groups -OCH3 is 1. The highest BCUT2D eigenvalue weighted by molar-refractivity contribution is 6.29. The van der Waals surface area contributed by atoms with E-state index in [2.05, 4.69) is 20.2 Å². The van der Waals surface area contributed by atoms with Crippen LogP contribution in [0.15, 0.2) is 30.9 Å². The Kier molecular flexibility index (Phi) is 5.40. The molecule has 0 amide bonds. The third kappa shape index (κ3) is 4.10. The zero-order valence-electron chi connectivity index (χ0n) is 16.4. The number of carbonyl (C=O) groups excluding carboxylic acids is 1. The van der Waals surface area contributed by atoms with Gasteiger partial charge < -0.3 is 4.74 Å². The van der Waals surface area contributed by atoms with E-state index in [0.717, 1.165) is 16.9 Å². The van der Waals surface area contributed by atoms with Gasteiger partial charge in [-0.05, 0) is 18.6 Å². The van der Waals surface area contributed by atoms with E-state index in [4.69, 9.17) is 16.3 Å². The van der Waals surface area contributed by atoms with Crippen molar-refractivity contribution >= 4 is 28.7 Å². The molecule has 31 heavy (non-hydrogen) atoms. The fourth-order valence-corrected chi connectivity index (χ4v) is 3.60. The number of halogens is 4. The molecular formula is C19H16ClF3N6O2. The van der Waals surface area contributed by atoms with Gasteiger partial charge >= 0.3 is 6.18 Å². The van der Waals surface area contributed by atoms with Crippen LogP contribution in [0, 0.1) is 0 Å². The summed E-state index contributed by atoms with van der Waals surface area (Å²) in [4.78, 5) is 20.7. The molecule has 0 fully saturated rings. The van der Waals surface area contributed by atoms with E-state index in [1.807, 2.05) is 0 Å². The maximum absolute atomic E-state index is 13.4. The SMILES string of the molecule is CO[C@@H](C)c1c(CC(=O)Cc2cc(C(F)(F)F)c3ncnn3c2)cnc2cc(Cl)nn12. The van der Waals surface area contributed by atoms with Crippen LogP contribution in [0.25, 0.3) is 11.3 Å². The minimum Gasteiger partial charge on any atom is -0.375 e. The van der Waals surface area contributed by atoms with E-state index in [0.29, 0.717) is 16.9 Å². The Bertz CT molecular complexity index is 1280. The van der Waals surface area contributed by atoms with E-state index < -0.39 is 17.8 Å². The maximum atomic E-state index is 13.4. The predicted molar refractivity (Wildman–Crippen MR) is 104 cm³/mol. The Hall–Kier alpha value is -3.05. The lowest BCUT2D eigenvalue weighted by Crippen LogP contribution is -2.16. The highest BCUT2D eigenvalue weighted by Crippen LogP contribution is 2.32. The van der Waals surface area contributed by atoms with Crippen molar-refractivity contribution in [3.05, 3.63) is 58.4 Å². The average Bonchev–Trinajstić information content (AvgIpc) is 3.31. The van der Waals surface area contributed by atoms with Gasteiger partial charge in [-0.25, -0.2) is 19.0 Å². The van der Waals surface area contributed by atoms with E-state index >= 15 is 0 Å². The highest BCUT2D eigenvalue weighted by Gasteiger charge is 2.34. The van der Waals surface area contributed by atoms with Gasteiger partial charge in [0.05, 0.1) is 11.8 Å². The molecule has 4 heterocycles. The third-order valence-electron chi connectivity index (χ3n) is 4.84. The third-order valence-corrected chi connectivity index (χ3v) is 5.02. The Morgan fingerprint density at radius 1 is 1.26 bits per heavy atom. The first kappa shape index (κ1) is 21.2. The van der Waals surface area contributed by atoms with Crippen LogP contribution in [0.2, 0.25) is 5.15 Å². The minimum absolute atomic E-state index is 0.0692. The molecule has 0 N–H and O–H groups in total. The summed E-state index contributed by atoms with van der Waals surface area (Å²) in [7, 11) is 1.51. The van der Waals surface area contributed by atoms with Crippen molar-refractivity contribution in [1.82, 2.24) is 29.2 Å². The molecule has 0 saturated heterocycles. The number of carbonyl (C=O) groups is 1. The minimum atomic E-state index is -4.62. The number of ketones is 1. The summed E-state index contributed by atoms with van der Waals surface area (Å²) in [6.07, 6.45) is -1.42. The lowest BCUT2D eigenvalue weighted by Gasteiger charge is -2.16. The summed E-state index contributed by atoms with van der Waals surface area (Å²) < 4.78 is 48.1. The van der Waals surface area contributed by atoms with Crippen LogP contribution >= 0.6 is 11.6 Å². The van der Waals surface area contributed by atoms with Crippen molar-refractivity contribution < 1.29 is 22.7 Å². The monoisotopic (exact) mass is 452 g/mol. The summed E-state index contributed by atoms with van der Waals surface area (Å²) in [5.74, 6) is -0.309. The van der Waals surface area contributed by atoms with Crippen LogP contribution in [0.4, 0.5) is 13.2 Å². The van der Waals surface area contributed by atoms with E-state index in [-0.39, 0.29) is 35.0 Å². The smallest absolute Gasteiger partial charge is 0.375 e. The molecule has 0 aliphatic carbocycles. The summed E-state index contributed by atoms with van der Waals surface area (Å²) >= 11 is 5.97. The Labute approximate surface area is 178 Å². The number of Topliss-reactive ketones (excluding diaryl/α,β-unsaturated/α-hetero) is 1. The normalized spacial score (nSPS) is 13.2. The second kappa shape index (κ2) is 7.89. The first-order valence-corrected chi connectivity index (χ1v) is 9.52. The summed E-state index contributed by atoms with van der Waals surface area (Å²) in [5, 5.41) is 8.20. The van der Waals surface area contributed by atoms with Crippen molar-refractivity contribution in [1.29, 1.82) is 0 Å². The van der Waals surface area contributed by atoms with Gasteiger partial charge in [-0.3, -0.25) is 4.79 Å². The fraction of sp³-hybridized carbons (Fsp3) is 0.316. The number of nitrogens with zero attached hydrogens (tertiary/aromatic N) is 6. The molecule has 4 aromatic rings. The highest BCUT2D eigenvalue weighted by atomic mass is 35.5. The molecule has 8 nitrogen and oxygen atoms in total. The van der Waals surface area contributed by atoms with Gasteiger partial charge in [-0.15, -0.1) is 0 Å². The van der Waals surface area contributed by atoms with Crippen LogP contribution in [-0.4, -0.2) is 42.1 Å². The number of rotatable bonds is 6. The van der Waals surface area contributed by atoms with Gasteiger partial charge in [0.2, 0.25) is 0 Å². The summed E-state index contributed by atoms with van der Waals surface area (Å²) in [5.41, 5.74) is 0.544. The molecule has 0 radical (unpaired) electrons. The van der Waals surface area contributed by atoms with Crippen LogP contribution in [-0.2, 0) is 28.5 Å². The molecule has 162 valence electrons. The van der Waals surface area contributed by atoms with E-state index in [9.17, 15) is 18.0 Å². The van der Waals surface area contributed by atoms with Gasteiger partial charge in [-0.1, -0.05) is 11.6 Å². The molecule has 0 bridgehead atoms. The van der Waals surface area contributed by atoms with Crippen molar-refractivity contribution in [3.63, 3.8) is 0 Å². The van der Waals surface area contributed by atoms with Crippen molar-refractivity contribution in [2.45, 2.75) is 32.0 Å². The van der Waals surface area contributed by atoms with Gasteiger partial charge in [0.25, 0.3) is 0 Å². The van der Waals surface area contributed by atoms with Crippen molar-refractivity contribution in [2.75, 3.05) is 7.11 Å². The molecule has 4 aromatic heterocycles. The molecule has 1 atom stereocenters. The number of pyridine rings is 1. The molecule has 12 heteroatoms. The number of ether oxygens (including phenoxy) is 1. The quantitative estimate of drug-likeness (QED) is 0.445. The lowest BCUT2D eigenvalue weighted by molar-refractivity contribution is -0.136. The zero-order chi connectivity index (χ0) is 22.3. The van der Waals surface area contributed by atoms with Crippen molar-refractivity contribution in [3.8, 4) is 0 Å². The number of alkyl halides is 3. The number of fused-ring (bicyclic) bond motifs is 2. The standard InChI is InChI=1S/C19H16ClF3N6O2/c1-10(31-2)17-12(7-24-16-6-15(20)27-29(16)17)5-13(30)3-11-4-14(19(21,22)23)18-25-9-26-28(18)8-11/h4,6-10H,3,5H2,1-2H3/t10-/m0/s1. The number of aromatic nitrogens is 6. The van der Waals surface area contributed by atoms with E-state index in [1.165, 1.54) is 24.0 Å². The second-order valence-electron chi connectivity index (χ2n) is 6.96. The zero-order valence-corrected chi connectivity index (χ0v) is 17.1. The summed E-state index contributed by atoms with van der Waals surface area (Å²) in [6, 6.07) is 2.50. The number of hydrogen-bond acceptors (Lipinski definition) is 6. The van der Waals surface area contributed by atoms with Gasteiger partial charge in [0.15, 0.2) is 16.4 Å². The first-order valence-electron chi connectivity index (χ1n) is 9.14. The molecule has 0 saturated carbocycles. The Morgan fingerprint density at radius 3 is 2.74 bits per heavy atom. The Balaban J connectivity index is 1.66. The molecule has 0 aliphatic heterocycles. The average molecular weight is 453 g/mol. The molecule has 0 aromatic carbocycles. The van der Waals surface area contributed by atoms with Gasteiger partial charge in [0.1, 0.15) is 17.7 Å². The van der Waals surface area contributed by atoms with Crippen LogP contribution in [0.3, 0.4) is 0 Å². The van der Waals surface area contributed by atoms with E-state index in [1.54, 1.807) is 13.0 Å². The molecule has 0 aliphatic rings. The lowest BCUT2D eigenvalue weighted by atomic mass is 10.0. The molecular weight excluding hydrogens is 437 g/mol. The van der Waals surface area contributed by atoms with Gasteiger partial charge in [0, 0.05) is 44.0 Å². The molecule has 0 spiro atoms. The number of hydrogen-bond donors (Lipinski definition) is 0. The second-order valence-corrected chi connectivity index (χ2v) is 7.35. The molecule has 4 rings (SSSR count). The Morgan fingerprint density at radius 2 is 2.03 bits per heavy atom. The summed E-state index contributed by atoms with van der Waals surface area (Å²) in [6.45, 7) is 1.78. The fourth-order valence-electron chi connectivity index (χ4n) is 3.43. The predicted octanol–water partition coefficient (Wildman–Crippen LogP) is 3.51. The van der Waals surface area contributed by atoms with Crippen LogP contribution in [0.1, 0.15) is 35.4 Å².